The van der Waals surface area contributed by atoms with Crippen molar-refractivity contribution in [2.75, 3.05) is 25.2 Å². The predicted molar refractivity (Wildman–Crippen MR) is 94.3 cm³/mol. The quantitative estimate of drug-likeness (QED) is 0.810. The van der Waals surface area contributed by atoms with Crippen molar-refractivity contribution in [2.24, 2.45) is 5.92 Å². The van der Waals surface area contributed by atoms with E-state index in [0.717, 1.165) is 34.7 Å². The van der Waals surface area contributed by atoms with Gasteiger partial charge in [0.25, 0.3) is 0 Å². The van der Waals surface area contributed by atoms with E-state index < -0.39 is 0 Å². The number of halogens is 2. The average Bonchev–Trinajstić information content (AvgIpc) is 2.91. The van der Waals surface area contributed by atoms with Crippen molar-refractivity contribution in [3.05, 3.63) is 33.3 Å². The monoisotopic (exact) mass is 389 g/mol. The van der Waals surface area contributed by atoms with Crippen LogP contribution in [0.25, 0.3) is 0 Å². The summed E-state index contributed by atoms with van der Waals surface area (Å²) in [7, 11) is 2.04. The summed E-state index contributed by atoms with van der Waals surface area (Å²) in [4.78, 5) is 0. The predicted octanol–water partition coefficient (Wildman–Crippen LogP) is 4.67. The summed E-state index contributed by atoms with van der Waals surface area (Å²) in [6, 6.07) is 6.42. The molecule has 1 aromatic carbocycles. The van der Waals surface area contributed by atoms with Crippen LogP contribution < -0.4 is 5.32 Å². The molecule has 1 aromatic rings. The van der Waals surface area contributed by atoms with E-state index in [1.54, 1.807) is 0 Å². The second kappa shape index (κ2) is 6.79. The van der Waals surface area contributed by atoms with Crippen molar-refractivity contribution < 1.29 is 4.74 Å². The molecule has 21 heavy (non-hydrogen) atoms. The highest BCUT2D eigenvalue weighted by Gasteiger charge is 2.42. The van der Waals surface area contributed by atoms with Gasteiger partial charge in [0.1, 0.15) is 0 Å². The lowest BCUT2D eigenvalue weighted by Gasteiger charge is -2.41. The first-order valence-corrected chi connectivity index (χ1v) is 9.80. The molecule has 2 saturated heterocycles. The summed E-state index contributed by atoms with van der Waals surface area (Å²) >= 11 is 12.0. The normalized spacial score (nSPS) is 30.7. The zero-order valence-corrected chi connectivity index (χ0v) is 15.4. The van der Waals surface area contributed by atoms with E-state index >= 15 is 0 Å². The van der Waals surface area contributed by atoms with Gasteiger partial charge in [0.2, 0.25) is 0 Å². The van der Waals surface area contributed by atoms with E-state index in [0.29, 0.717) is 12.0 Å². The highest BCUT2D eigenvalue weighted by molar-refractivity contribution is 9.10. The number of nitrogens with one attached hydrogen (secondary N) is 1. The Bertz CT molecular complexity index is 507. The minimum Gasteiger partial charge on any atom is -0.374 e. The van der Waals surface area contributed by atoms with Crippen molar-refractivity contribution in [3.63, 3.8) is 0 Å². The SMILES string of the molecule is CNC(c1cc(Br)ccc1Cl)C1CCOC2(CCSC2)C1. The van der Waals surface area contributed by atoms with Gasteiger partial charge >= 0.3 is 0 Å². The summed E-state index contributed by atoms with van der Waals surface area (Å²) in [6.07, 6.45) is 3.42. The van der Waals surface area contributed by atoms with E-state index in [1.165, 1.54) is 17.7 Å². The summed E-state index contributed by atoms with van der Waals surface area (Å²) in [5, 5.41) is 4.34. The first-order valence-electron chi connectivity index (χ1n) is 7.47. The van der Waals surface area contributed by atoms with Gasteiger partial charge < -0.3 is 10.1 Å². The van der Waals surface area contributed by atoms with Crippen molar-refractivity contribution in [1.82, 2.24) is 5.32 Å². The van der Waals surface area contributed by atoms with Gasteiger partial charge in [-0.05, 0) is 61.7 Å². The Morgan fingerprint density at radius 2 is 2.38 bits per heavy atom. The Morgan fingerprint density at radius 3 is 3.10 bits per heavy atom. The van der Waals surface area contributed by atoms with Crippen LogP contribution in [0.2, 0.25) is 5.02 Å². The molecule has 116 valence electrons. The Labute approximate surface area is 144 Å². The van der Waals surface area contributed by atoms with E-state index in [-0.39, 0.29) is 5.60 Å². The molecule has 2 aliphatic heterocycles. The van der Waals surface area contributed by atoms with Crippen LogP contribution in [0.4, 0.5) is 0 Å². The summed E-state index contributed by atoms with van der Waals surface area (Å²) in [6.45, 7) is 0.870. The maximum Gasteiger partial charge on any atom is 0.0783 e. The molecule has 2 fully saturated rings. The molecule has 0 aliphatic carbocycles. The van der Waals surface area contributed by atoms with Crippen molar-refractivity contribution in [1.29, 1.82) is 0 Å². The standard InChI is InChI=1S/C16H21BrClNOS/c1-19-15(13-8-12(17)2-3-14(13)18)11-4-6-20-16(9-11)5-7-21-10-16/h2-3,8,11,15,19H,4-7,9-10H2,1H3. The molecule has 2 heterocycles. The van der Waals surface area contributed by atoms with Crippen LogP contribution in [-0.2, 0) is 4.74 Å². The smallest absolute Gasteiger partial charge is 0.0783 e. The molecule has 0 saturated carbocycles. The molecular weight excluding hydrogens is 370 g/mol. The van der Waals surface area contributed by atoms with Crippen molar-refractivity contribution >= 4 is 39.3 Å². The number of thioether (sulfide) groups is 1. The largest absolute Gasteiger partial charge is 0.374 e. The third-order valence-corrected chi connectivity index (χ3v) is 6.73. The number of hydrogen-bond donors (Lipinski definition) is 1. The Morgan fingerprint density at radius 1 is 1.52 bits per heavy atom. The van der Waals surface area contributed by atoms with Crippen LogP contribution in [0.3, 0.4) is 0 Å². The van der Waals surface area contributed by atoms with Gasteiger partial charge in [-0.15, -0.1) is 0 Å². The molecule has 3 rings (SSSR count). The first kappa shape index (κ1) is 16.1. The van der Waals surface area contributed by atoms with Gasteiger partial charge in [-0.1, -0.05) is 27.5 Å². The number of benzene rings is 1. The van der Waals surface area contributed by atoms with Gasteiger partial charge in [0.15, 0.2) is 0 Å². The lowest BCUT2D eigenvalue weighted by Crippen LogP contribution is -2.43. The maximum absolute atomic E-state index is 6.44. The fraction of sp³-hybridized carbons (Fsp3) is 0.625. The van der Waals surface area contributed by atoms with E-state index in [1.807, 2.05) is 30.9 Å². The van der Waals surface area contributed by atoms with Crippen LogP contribution in [0.1, 0.15) is 30.9 Å². The lowest BCUT2D eigenvalue weighted by molar-refractivity contribution is -0.0850. The minimum atomic E-state index is 0.112. The van der Waals surface area contributed by atoms with Crippen LogP contribution in [0.15, 0.2) is 22.7 Å². The van der Waals surface area contributed by atoms with Gasteiger partial charge in [-0.2, -0.15) is 11.8 Å². The fourth-order valence-corrected chi connectivity index (χ4v) is 5.60. The third kappa shape index (κ3) is 3.45. The van der Waals surface area contributed by atoms with E-state index in [2.05, 4.69) is 27.3 Å². The number of hydrogen-bond acceptors (Lipinski definition) is 3. The van der Waals surface area contributed by atoms with Gasteiger partial charge in [-0.3, -0.25) is 0 Å². The molecular formula is C16H21BrClNOS. The van der Waals surface area contributed by atoms with Crippen LogP contribution in [0, 0.1) is 5.92 Å². The zero-order chi connectivity index (χ0) is 14.9. The molecule has 3 unspecified atom stereocenters. The van der Waals surface area contributed by atoms with Gasteiger partial charge in [0.05, 0.1) is 5.60 Å². The van der Waals surface area contributed by atoms with Gasteiger partial charge in [0, 0.05) is 27.9 Å². The molecule has 3 atom stereocenters. The molecule has 2 aliphatic rings. The molecule has 5 heteroatoms. The van der Waals surface area contributed by atoms with Crippen LogP contribution >= 0.6 is 39.3 Å². The number of ether oxygens (including phenoxy) is 1. The zero-order valence-electron chi connectivity index (χ0n) is 12.2. The summed E-state index contributed by atoms with van der Waals surface area (Å²) in [5.41, 5.74) is 1.31. The Hall–Kier alpha value is 0.260. The lowest BCUT2D eigenvalue weighted by atomic mass is 9.79. The summed E-state index contributed by atoms with van der Waals surface area (Å²) < 4.78 is 7.23. The van der Waals surface area contributed by atoms with Crippen LogP contribution in [0.5, 0.6) is 0 Å². The third-order valence-electron chi connectivity index (χ3n) is 4.67. The van der Waals surface area contributed by atoms with Crippen LogP contribution in [-0.4, -0.2) is 30.8 Å². The molecule has 0 radical (unpaired) electrons. The molecule has 0 bridgehead atoms. The molecule has 1 N–H and O–H groups in total. The Kier molecular flexibility index (Phi) is 5.22. The second-order valence-corrected chi connectivity index (χ2v) is 8.45. The summed E-state index contributed by atoms with van der Waals surface area (Å²) in [5.74, 6) is 2.95. The first-order chi connectivity index (χ1) is 10.1. The fourth-order valence-electron chi connectivity index (χ4n) is 3.61. The Balaban J connectivity index is 1.84. The van der Waals surface area contributed by atoms with E-state index in [4.69, 9.17) is 16.3 Å². The van der Waals surface area contributed by atoms with Crippen molar-refractivity contribution in [2.45, 2.75) is 30.9 Å². The molecule has 2 nitrogen and oxygen atoms in total. The highest BCUT2D eigenvalue weighted by Crippen LogP contribution is 2.45. The minimum absolute atomic E-state index is 0.112. The highest BCUT2D eigenvalue weighted by atomic mass is 79.9. The van der Waals surface area contributed by atoms with Gasteiger partial charge in [-0.25, -0.2) is 0 Å². The maximum atomic E-state index is 6.44. The van der Waals surface area contributed by atoms with E-state index in [9.17, 15) is 0 Å². The number of rotatable bonds is 3. The average molecular weight is 391 g/mol. The topological polar surface area (TPSA) is 21.3 Å². The molecule has 0 amide bonds. The molecule has 1 spiro atoms. The van der Waals surface area contributed by atoms with Crippen molar-refractivity contribution in [3.8, 4) is 0 Å². The molecule has 0 aromatic heterocycles. The second-order valence-electron chi connectivity index (χ2n) is 6.02.